The molecular formula is C43H28N4. The smallest absolute Gasteiger partial charge is 0.0717 e. The lowest BCUT2D eigenvalue weighted by atomic mass is 9.98. The van der Waals surface area contributed by atoms with Gasteiger partial charge in [0.1, 0.15) is 0 Å². The van der Waals surface area contributed by atoms with Gasteiger partial charge in [-0.15, -0.1) is 0 Å². The first kappa shape index (κ1) is 27.0. The van der Waals surface area contributed by atoms with E-state index in [2.05, 4.69) is 136 Å². The molecule has 0 aliphatic rings. The molecule has 9 aromatic rings. The van der Waals surface area contributed by atoms with Crippen molar-refractivity contribution in [3.8, 4) is 50.3 Å². The van der Waals surface area contributed by atoms with E-state index < -0.39 is 0 Å². The zero-order valence-electron chi connectivity index (χ0n) is 25.5. The van der Waals surface area contributed by atoms with Gasteiger partial charge in [-0.3, -0.25) is 15.0 Å². The number of pyridine rings is 3. The van der Waals surface area contributed by atoms with Gasteiger partial charge in [0.2, 0.25) is 0 Å². The average molecular weight is 601 g/mol. The lowest BCUT2D eigenvalue weighted by Crippen LogP contribution is -1.94. The molecule has 0 radical (unpaired) electrons. The van der Waals surface area contributed by atoms with Crippen molar-refractivity contribution in [1.29, 1.82) is 0 Å². The Labute approximate surface area is 272 Å². The van der Waals surface area contributed by atoms with Crippen LogP contribution in [-0.2, 0) is 0 Å². The van der Waals surface area contributed by atoms with Crippen molar-refractivity contribution in [3.05, 3.63) is 171 Å². The van der Waals surface area contributed by atoms with Crippen LogP contribution in [-0.4, -0.2) is 19.5 Å². The molecule has 5 aromatic carbocycles. The van der Waals surface area contributed by atoms with Gasteiger partial charge in [0, 0.05) is 69.5 Å². The van der Waals surface area contributed by atoms with Crippen molar-refractivity contribution >= 4 is 32.6 Å². The monoisotopic (exact) mass is 600 g/mol. The van der Waals surface area contributed by atoms with Crippen molar-refractivity contribution < 1.29 is 0 Å². The highest BCUT2D eigenvalue weighted by molar-refractivity contribution is 6.19. The molecule has 0 aliphatic heterocycles. The van der Waals surface area contributed by atoms with Gasteiger partial charge in [0.15, 0.2) is 0 Å². The number of nitrogens with zero attached hydrogens (tertiary/aromatic N) is 4. The summed E-state index contributed by atoms with van der Waals surface area (Å²) in [6, 6.07) is 49.8. The first-order valence-electron chi connectivity index (χ1n) is 15.7. The third kappa shape index (κ3) is 4.75. The number of fused-ring (bicyclic) bond motifs is 5. The molecule has 4 heterocycles. The van der Waals surface area contributed by atoms with Crippen LogP contribution in [0.4, 0.5) is 0 Å². The molecule has 0 saturated carbocycles. The number of benzene rings is 5. The highest BCUT2D eigenvalue weighted by Crippen LogP contribution is 2.39. The Balaban J connectivity index is 1.20. The van der Waals surface area contributed by atoms with E-state index in [9.17, 15) is 0 Å². The Morgan fingerprint density at radius 3 is 1.79 bits per heavy atom. The molecule has 4 nitrogen and oxygen atoms in total. The summed E-state index contributed by atoms with van der Waals surface area (Å²) in [6.45, 7) is 0. The van der Waals surface area contributed by atoms with E-state index in [0.29, 0.717) is 0 Å². The van der Waals surface area contributed by atoms with E-state index in [1.165, 1.54) is 43.7 Å². The van der Waals surface area contributed by atoms with Gasteiger partial charge in [-0.05, 0) is 82.2 Å². The first-order valence-corrected chi connectivity index (χ1v) is 15.7. The fourth-order valence-electron chi connectivity index (χ4n) is 6.70. The van der Waals surface area contributed by atoms with Crippen molar-refractivity contribution in [2.24, 2.45) is 0 Å². The Morgan fingerprint density at radius 2 is 1.04 bits per heavy atom. The molecule has 0 unspecified atom stereocenters. The minimum Gasteiger partial charge on any atom is -0.309 e. The Hall–Kier alpha value is -6.39. The van der Waals surface area contributed by atoms with Gasteiger partial charge >= 0.3 is 0 Å². The average Bonchev–Trinajstić information content (AvgIpc) is 3.50. The topological polar surface area (TPSA) is 43.6 Å². The molecule has 0 amide bonds. The Morgan fingerprint density at radius 1 is 0.404 bits per heavy atom. The molecule has 0 N–H and O–H groups in total. The third-order valence-corrected chi connectivity index (χ3v) is 9.00. The van der Waals surface area contributed by atoms with Gasteiger partial charge < -0.3 is 4.57 Å². The molecule has 0 bridgehead atoms. The van der Waals surface area contributed by atoms with Crippen LogP contribution < -0.4 is 0 Å². The van der Waals surface area contributed by atoms with Crippen molar-refractivity contribution in [2.75, 3.05) is 0 Å². The number of para-hydroxylation sites is 1. The minimum absolute atomic E-state index is 0.917. The molecule has 9 rings (SSSR count). The molecule has 0 atom stereocenters. The Kier molecular flexibility index (Phi) is 6.43. The number of hydrogen-bond acceptors (Lipinski definition) is 3. The van der Waals surface area contributed by atoms with Crippen LogP contribution in [0.3, 0.4) is 0 Å². The summed E-state index contributed by atoms with van der Waals surface area (Å²) in [6.07, 6.45) is 9.31. The van der Waals surface area contributed by atoms with Crippen LogP contribution in [0.2, 0.25) is 0 Å². The molecule has 0 fully saturated rings. The normalized spacial score (nSPS) is 11.4. The standard InChI is InChI=1S/C43H28N4/c1-2-11-37(12-3-1)47-42-25-32(29-7-4-8-30(23-29)34-9-5-21-44-26-34)14-18-39(42)40-19-15-33-24-31(13-17-38(33)43(40)47)35-16-20-41(46-28-35)36-10-6-22-45-27-36/h1-28H. The predicted molar refractivity (Wildman–Crippen MR) is 193 cm³/mol. The van der Waals surface area contributed by atoms with Gasteiger partial charge in [0.25, 0.3) is 0 Å². The molecular weight excluding hydrogens is 573 g/mol. The largest absolute Gasteiger partial charge is 0.309 e. The molecule has 4 aromatic heterocycles. The van der Waals surface area contributed by atoms with Crippen LogP contribution in [0.25, 0.3) is 82.9 Å². The highest BCUT2D eigenvalue weighted by atomic mass is 15.0. The van der Waals surface area contributed by atoms with E-state index in [-0.39, 0.29) is 0 Å². The van der Waals surface area contributed by atoms with Crippen LogP contribution in [0.15, 0.2) is 171 Å². The summed E-state index contributed by atoms with van der Waals surface area (Å²) in [5.41, 5.74) is 12.3. The lowest BCUT2D eigenvalue weighted by molar-refractivity contribution is 1.19. The van der Waals surface area contributed by atoms with Gasteiger partial charge in [-0.25, -0.2) is 0 Å². The summed E-state index contributed by atoms with van der Waals surface area (Å²) >= 11 is 0. The lowest BCUT2D eigenvalue weighted by Gasteiger charge is -2.12. The van der Waals surface area contributed by atoms with Crippen LogP contribution >= 0.6 is 0 Å². The molecule has 0 spiro atoms. The third-order valence-electron chi connectivity index (χ3n) is 9.00. The van der Waals surface area contributed by atoms with Crippen molar-refractivity contribution in [1.82, 2.24) is 19.5 Å². The van der Waals surface area contributed by atoms with E-state index in [4.69, 9.17) is 4.98 Å². The molecule has 0 saturated heterocycles. The van der Waals surface area contributed by atoms with Crippen molar-refractivity contribution in [3.63, 3.8) is 0 Å². The van der Waals surface area contributed by atoms with E-state index in [1.54, 1.807) is 6.20 Å². The van der Waals surface area contributed by atoms with Crippen LogP contribution in [0, 0.1) is 0 Å². The maximum Gasteiger partial charge on any atom is 0.0717 e. The molecule has 220 valence electrons. The Bertz CT molecular complexity index is 2540. The summed E-state index contributed by atoms with van der Waals surface area (Å²) in [5.74, 6) is 0. The summed E-state index contributed by atoms with van der Waals surface area (Å²) in [7, 11) is 0. The van der Waals surface area contributed by atoms with Crippen LogP contribution in [0.1, 0.15) is 0 Å². The fourth-order valence-corrected chi connectivity index (χ4v) is 6.70. The minimum atomic E-state index is 0.917. The van der Waals surface area contributed by atoms with E-state index in [0.717, 1.165) is 39.2 Å². The maximum atomic E-state index is 4.75. The van der Waals surface area contributed by atoms with E-state index >= 15 is 0 Å². The number of rotatable bonds is 5. The molecule has 4 heteroatoms. The summed E-state index contributed by atoms with van der Waals surface area (Å²) < 4.78 is 2.42. The zero-order valence-corrected chi connectivity index (χ0v) is 25.5. The summed E-state index contributed by atoms with van der Waals surface area (Å²) in [5, 5.41) is 4.88. The predicted octanol–water partition coefficient (Wildman–Crippen LogP) is 10.8. The molecule has 47 heavy (non-hydrogen) atoms. The maximum absolute atomic E-state index is 4.75. The SMILES string of the molecule is c1ccc(-n2c3cc(-c4cccc(-c5cccnc5)c4)ccc3c3ccc4cc(-c5ccc(-c6cccnc6)nc5)ccc4c32)cc1. The second kappa shape index (κ2) is 11.2. The summed E-state index contributed by atoms with van der Waals surface area (Å²) in [4.78, 5) is 13.3. The fraction of sp³-hybridized carbons (Fsp3) is 0. The van der Waals surface area contributed by atoms with Crippen molar-refractivity contribution in [2.45, 2.75) is 0 Å². The van der Waals surface area contributed by atoms with E-state index in [1.807, 2.05) is 43.0 Å². The second-order valence-corrected chi connectivity index (χ2v) is 11.8. The molecule has 0 aliphatic carbocycles. The second-order valence-electron chi connectivity index (χ2n) is 11.8. The zero-order chi connectivity index (χ0) is 31.2. The quantitative estimate of drug-likeness (QED) is 0.197. The number of hydrogen-bond donors (Lipinski definition) is 0. The van der Waals surface area contributed by atoms with Gasteiger partial charge in [-0.2, -0.15) is 0 Å². The van der Waals surface area contributed by atoms with Gasteiger partial charge in [-0.1, -0.05) is 84.9 Å². The number of aromatic nitrogens is 4. The highest BCUT2D eigenvalue weighted by Gasteiger charge is 2.17. The van der Waals surface area contributed by atoms with Gasteiger partial charge in [0.05, 0.1) is 16.7 Å². The van der Waals surface area contributed by atoms with Crippen LogP contribution in [0.5, 0.6) is 0 Å². The first-order chi connectivity index (χ1) is 23.3.